The lowest BCUT2D eigenvalue weighted by molar-refractivity contribution is -0.140. The van der Waals surface area contributed by atoms with Gasteiger partial charge in [0.05, 0.1) is 12.8 Å². The predicted octanol–water partition coefficient (Wildman–Crippen LogP) is 0.782. The van der Waals surface area contributed by atoms with Gasteiger partial charge in [-0.05, 0) is 47.7 Å². The van der Waals surface area contributed by atoms with Crippen LogP contribution >= 0.6 is 11.8 Å². The van der Waals surface area contributed by atoms with E-state index in [0.717, 1.165) is 0 Å². The molecule has 0 bridgehead atoms. The number of anilines is 1. The summed E-state index contributed by atoms with van der Waals surface area (Å²) in [5.41, 5.74) is 1.10. The second-order valence-corrected chi connectivity index (χ2v) is 6.14. The highest BCUT2D eigenvalue weighted by Crippen LogP contribution is 2.18. The van der Waals surface area contributed by atoms with Crippen LogP contribution in [0.4, 0.5) is 5.69 Å². The normalized spacial score (nSPS) is 10.3. The summed E-state index contributed by atoms with van der Waals surface area (Å²) < 4.78 is 6.06. The van der Waals surface area contributed by atoms with Gasteiger partial charge in [0.2, 0.25) is 5.16 Å². The lowest BCUT2D eigenvalue weighted by atomic mass is 10.2. The number of hydrogen-bond acceptors (Lipinski definition) is 8. The van der Waals surface area contributed by atoms with E-state index in [0.29, 0.717) is 35.9 Å². The third-order valence-electron chi connectivity index (χ3n) is 3.50. The second-order valence-electron chi connectivity index (χ2n) is 5.37. The molecule has 2 aromatic rings. The number of rotatable bonds is 8. The Bertz CT molecular complexity index is 810. The van der Waals surface area contributed by atoms with Crippen LogP contribution < -0.4 is 10.6 Å². The van der Waals surface area contributed by atoms with Crippen molar-refractivity contribution in [1.82, 2.24) is 25.5 Å². The minimum atomic E-state index is -0.776. The van der Waals surface area contributed by atoms with Crippen LogP contribution in [0.2, 0.25) is 0 Å². The minimum Gasteiger partial charge on any atom is -0.469 e. The highest BCUT2D eigenvalue weighted by atomic mass is 32.2. The molecule has 27 heavy (non-hydrogen) atoms. The van der Waals surface area contributed by atoms with Crippen molar-refractivity contribution in [1.29, 1.82) is 0 Å². The van der Waals surface area contributed by atoms with Crippen LogP contribution in [0.15, 0.2) is 29.4 Å². The van der Waals surface area contributed by atoms with Gasteiger partial charge < -0.3 is 15.4 Å². The molecule has 2 N–H and O–H groups in total. The summed E-state index contributed by atoms with van der Waals surface area (Å²) in [5.74, 6) is -1.82. The highest BCUT2D eigenvalue weighted by Gasteiger charge is 2.14. The van der Waals surface area contributed by atoms with Gasteiger partial charge in [-0.3, -0.25) is 14.4 Å². The van der Waals surface area contributed by atoms with Crippen LogP contribution in [-0.4, -0.2) is 57.9 Å². The van der Waals surface area contributed by atoms with Crippen LogP contribution in [0.1, 0.15) is 19.3 Å². The van der Waals surface area contributed by atoms with Crippen molar-refractivity contribution in [3.63, 3.8) is 0 Å². The van der Waals surface area contributed by atoms with E-state index in [4.69, 9.17) is 0 Å². The maximum absolute atomic E-state index is 12.0. The lowest BCUT2D eigenvalue weighted by Gasteiger charge is -2.08. The van der Waals surface area contributed by atoms with E-state index in [9.17, 15) is 14.4 Å². The van der Waals surface area contributed by atoms with Crippen molar-refractivity contribution < 1.29 is 19.1 Å². The van der Waals surface area contributed by atoms with Gasteiger partial charge in [0.15, 0.2) is 0 Å². The zero-order chi connectivity index (χ0) is 19.6. The number of amides is 2. The summed E-state index contributed by atoms with van der Waals surface area (Å²) in [6.07, 6.45) is 3.27. The fraction of sp³-hybridized carbons (Fsp3) is 0.375. The van der Waals surface area contributed by atoms with E-state index in [1.165, 1.54) is 23.6 Å². The van der Waals surface area contributed by atoms with Gasteiger partial charge in [-0.25, -0.2) is 0 Å². The summed E-state index contributed by atoms with van der Waals surface area (Å²) in [6.45, 7) is 0.297. The number of esters is 1. The van der Waals surface area contributed by atoms with Crippen molar-refractivity contribution in [3.05, 3.63) is 24.3 Å². The molecule has 144 valence electrons. The molecule has 0 saturated carbocycles. The molecule has 0 aliphatic rings. The van der Waals surface area contributed by atoms with E-state index in [1.54, 1.807) is 24.3 Å². The van der Waals surface area contributed by atoms with Gasteiger partial charge in [0.1, 0.15) is 0 Å². The number of nitrogens with one attached hydrogen (secondary N) is 2. The predicted molar refractivity (Wildman–Crippen MR) is 98.4 cm³/mol. The first-order valence-electron chi connectivity index (χ1n) is 8.14. The molecule has 0 radical (unpaired) electrons. The number of tetrazole rings is 1. The Morgan fingerprint density at radius 1 is 1.22 bits per heavy atom. The first kappa shape index (κ1) is 20.4. The fourth-order valence-corrected chi connectivity index (χ4v) is 2.58. The molecule has 11 heteroatoms. The lowest BCUT2D eigenvalue weighted by Crippen LogP contribution is -2.35. The molecule has 0 aliphatic carbocycles. The number of carbonyl (C=O) groups is 3. The maximum atomic E-state index is 12.0. The van der Waals surface area contributed by atoms with Gasteiger partial charge in [-0.1, -0.05) is 17.8 Å². The summed E-state index contributed by atoms with van der Waals surface area (Å²) in [5, 5.41) is 17.0. The van der Waals surface area contributed by atoms with Gasteiger partial charge in [0, 0.05) is 18.7 Å². The molecule has 0 fully saturated rings. The molecule has 10 nitrogen and oxygen atoms in total. The zero-order valence-electron chi connectivity index (χ0n) is 15.0. The first-order valence-corrected chi connectivity index (χ1v) is 9.36. The van der Waals surface area contributed by atoms with Crippen molar-refractivity contribution >= 4 is 35.2 Å². The Balaban J connectivity index is 1.85. The van der Waals surface area contributed by atoms with Crippen molar-refractivity contribution in [2.45, 2.75) is 24.4 Å². The Kier molecular flexibility index (Phi) is 7.74. The molecule has 1 aromatic carbocycles. The maximum Gasteiger partial charge on any atom is 0.313 e. The Morgan fingerprint density at radius 2 is 2.04 bits per heavy atom. The van der Waals surface area contributed by atoms with E-state index in [2.05, 4.69) is 30.9 Å². The van der Waals surface area contributed by atoms with Crippen LogP contribution in [-0.2, 0) is 19.1 Å². The number of nitrogens with zero attached hydrogens (tertiary/aromatic N) is 4. The Labute approximate surface area is 160 Å². The number of thioether (sulfide) groups is 1. The van der Waals surface area contributed by atoms with Gasteiger partial charge in [0.25, 0.3) is 0 Å². The summed E-state index contributed by atoms with van der Waals surface area (Å²) in [4.78, 5) is 34.8. The molecule has 0 saturated heterocycles. The van der Waals surface area contributed by atoms with Gasteiger partial charge in [-0.2, -0.15) is 4.68 Å². The molecule has 0 unspecified atom stereocenters. The van der Waals surface area contributed by atoms with Crippen molar-refractivity contribution in [2.75, 3.05) is 25.2 Å². The van der Waals surface area contributed by atoms with E-state index in [1.807, 2.05) is 6.26 Å². The number of methoxy groups -OCH3 is 1. The smallest absolute Gasteiger partial charge is 0.313 e. The Morgan fingerprint density at radius 3 is 2.78 bits per heavy atom. The van der Waals surface area contributed by atoms with E-state index < -0.39 is 11.8 Å². The van der Waals surface area contributed by atoms with Crippen LogP contribution in [0.3, 0.4) is 0 Å². The number of carbonyl (C=O) groups excluding carboxylic acids is 3. The minimum absolute atomic E-state index is 0.278. The van der Waals surface area contributed by atoms with Crippen molar-refractivity contribution in [3.8, 4) is 5.69 Å². The molecule has 1 heterocycles. The topological polar surface area (TPSA) is 128 Å². The third-order valence-corrected chi connectivity index (χ3v) is 4.12. The molecule has 2 rings (SSSR count). The summed E-state index contributed by atoms with van der Waals surface area (Å²) in [6, 6.07) is 6.83. The number of aromatic nitrogens is 4. The average molecular weight is 392 g/mol. The standard InChI is InChI=1S/C16H20N6O4S/c1-26-13(23)8-3-4-9-17-14(24)15(25)18-11-6-5-7-12(10-11)22-16(27-2)19-20-21-22/h5-7,10H,3-4,8-9H2,1-2H3,(H,17,24)(H,18,25). The second kappa shape index (κ2) is 10.3. The molecule has 0 spiro atoms. The highest BCUT2D eigenvalue weighted by molar-refractivity contribution is 7.98. The first-order chi connectivity index (χ1) is 13.0. The number of benzene rings is 1. The molecular formula is C16H20N6O4S. The number of unbranched alkanes of at least 4 members (excludes halogenated alkanes) is 1. The third kappa shape index (κ3) is 6.06. The number of hydrogen-bond donors (Lipinski definition) is 2. The Hall–Kier alpha value is -2.95. The molecule has 2 amide bonds. The largest absolute Gasteiger partial charge is 0.469 e. The SMILES string of the molecule is COC(=O)CCCCNC(=O)C(=O)Nc1cccc(-n2nnnc2SC)c1. The summed E-state index contributed by atoms with van der Waals surface area (Å²) in [7, 11) is 1.32. The van der Waals surface area contributed by atoms with Crippen LogP contribution in [0.25, 0.3) is 5.69 Å². The zero-order valence-corrected chi connectivity index (χ0v) is 15.8. The van der Waals surface area contributed by atoms with E-state index in [-0.39, 0.29) is 12.4 Å². The molecule has 1 aromatic heterocycles. The van der Waals surface area contributed by atoms with Gasteiger partial charge in [-0.15, -0.1) is 5.10 Å². The average Bonchev–Trinajstić information content (AvgIpc) is 3.16. The van der Waals surface area contributed by atoms with Gasteiger partial charge >= 0.3 is 17.8 Å². The molecule has 0 atom stereocenters. The van der Waals surface area contributed by atoms with Crippen LogP contribution in [0.5, 0.6) is 0 Å². The summed E-state index contributed by atoms with van der Waals surface area (Å²) >= 11 is 1.38. The molecular weight excluding hydrogens is 372 g/mol. The fourth-order valence-electron chi connectivity index (χ4n) is 2.15. The number of ether oxygens (including phenoxy) is 1. The van der Waals surface area contributed by atoms with Crippen LogP contribution in [0, 0.1) is 0 Å². The monoisotopic (exact) mass is 392 g/mol. The quantitative estimate of drug-likeness (QED) is 0.292. The van der Waals surface area contributed by atoms with E-state index >= 15 is 0 Å². The van der Waals surface area contributed by atoms with Crippen molar-refractivity contribution in [2.24, 2.45) is 0 Å². The molecule has 0 aliphatic heterocycles.